The van der Waals surface area contributed by atoms with E-state index in [-0.39, 0.29) is 5.97 Å². The fraction of sp³-hybridized carbons (Fsp3) is 0.136. The number of hydrogen-bond donors (Lipinski definition) is 0. The Bertz CT molecular complexity index is 1010. The van der Waals surface area contributed by atoms with Gasteiger partial charge in [-0.25, -0.2) is 4.79 Å². The highest BCUT2D eigenvalue weighted by Crippen LogP contribution is 2.35. The Kier molecular flexibility index (Phi) is 3.46. The molecule has 2 nitrogen and oxygen atoms in total. The van der Waals surface area contributed by atoms with Crippen LogP contribution in [0.15, 0.2) is 66.7 Å². The molecule has 0 fully saturated rings. The van der Waals surface area contributed by atoms with Crippen molar-refractivity contribution in [1.29, 1.82) is 0 Å². The second kappa shape index (κ2) is 5.64. The van der Waals surface area contributed by atoms with Crippen LogP contribution in [-0.2, 0) is 16.0 Å². The number of ether oxygens (including phenoxy) is 1. The van der Waals surface area contributed by atoms with Gasteiger partial charge < -0.3 is 4.74 Å². The van der Waals surface area contributed by atoms with Crippen molar-refractivity contribution in [2.45, 2.75) is 13.3 Å². The molecule has 0 bridgehead atoms. The largest absolute Gasteiger partial charge is 0.462 e. The highest BCUT2D eigenvalue weighted by atomic mass is 16.5. The van der Waals surface area contributed by atoms with Gasteiger partial charge in [-0.3, -0.25) is 0 Å². The zero-order valence-corrected chi connectivity index (χ0v) is 13.6. The first-order chi connectivity index (χ1) is 11.6. The fourth-order valence-electron chi connectivity index (χ4n) is 3.35. The van der Waals surface area contributed by atoms with Crippen LogP contribution in [0, 0.1) is 0 Å². The van der Waals surface area contributed by atoms with Crippen molar-refractivity contribution in [2.75, 3.05) is 6.61 Å². The number of esters is 1. The minimum atomic E-state index is -0.326. The van der Waals surface area contributed by atoms with E-state index in [2.05, 4.69) is 61.2 Å². The van der Waals surface area contributed by atoms with Gasteiger partial charge in [-0.1, -0.05) is 61.2 Å². The Morgan fingerprint density at radius 2 is 1.46 bits per heavy atom. The summed E-state index contributed by atoms with van der Waals surface area (Å²) in [4.78, 5) is 11.5. The zero-order valence-electron chi connectivity index (χ0n) is 13.6. The van der Waals surface area contributed by atoms with Crippen molar-refractivity contribution < 1.29 is 9.53 Å². The van der Waals surface area contributed by atoms with E-state index in [0.29, 0.717) is 18.6 Å². The summed E-state index contributed by atoms with van der Waals surface area (Å²) in [5, 5.41) is 7.65. The van der Waals surface area contributed by atoms with Gasteiger partial charge in [0.1, 0.15) is 0 Å². The summed E-state index contributed by atoms with van der Waals surface area (Å²) in [5.74, 6) is -0.326. The molecule has 24 heavy (non-hydrogen) atoms. The van der Waals surface area contributed by atoms with E-state index in [9.17, 15) is 4.79 Å². The SMILES string of the molecule is C=C(C)C(=O)OCCc1cc2ccc3cccc4ccc(c1)c2c34. The predicted molar refractivity (Wildman–Crippen MR) is 99.6 cm³/mol. The third-order valence-corrected chi connectivity index (χ3v) is 4.50. The summed E-state index contributed by atoms with van der Waals surface area (Å²) in [6.07, 6.45) is 0.704. The highest BCUT2D eigenvalue weighted by Gasteiger charge is 2.09. The van der Waals surface area contributed by atoms with E-state index in [1.54, 1.807) is 6.92 Å². The Labute approximate surface area is 140 Å². The molecule has 0 aromatic heterocycles. The Hall–Kier alpha value is -2.87. The van der Waals surface area contributed by atoms with Crippen LogP contribution in [0.1, 0.15) is 12.5 Å². The second-order valence-corrected chi connectivity index (χ2v) is 6.29. The van der Waals surface area contributed by atoms with Crippen LogP contribution in [-0.4, -0.2) is 12.6 Å². The maximum absolute atomic E-state index is 11.5. The molecule has 0 radical (unpaired) electrons. The van der Waals surface area contributed by atoms with E-state index in [4.69, 9.17) is 4.74 Å². The highest BCUT2D eigenvalue weighted by molar-refractivity contribution is 6.23. The molecule has 0 unspecified atom stereocenters. The van der Waals surface area contributed by atoms with Crippen LogP contribution in [0.2, 0.25) is 0 Å². The van der Waals surface area contributed by atoms with E-state index >= 15 is 0 Å². The molecule has 0 saturated carbocycles. The minimum Gasteiger partial charge on any atom is -0.462 e. The van der Waals surface area contributed by atoms with Gasteiger partial charge >= 0.3 is 5.97 Å². The third kappa shape index (κ3) is 2.41. The molecule has 0 saturated heterocycles. The smallest absolute Gasteiger partial charge is 0.333 e. The van der Waals surface area contributed by atoms with Crippen LogP contribution in [0.25, 0.3) is 32.3 Å². The van der Waals surface area contributed by atoms with Gasteiger partial charge in [0.05, 0.1) is 6.61 Å². The molecule has 4 aromatic carbocycles. The lowest BCUT2D eigenvalue weighted by Crippen LogP contribution is -2.08. The van der Waals surface area contributed by atoms with Gasteiger partial charge in [-0.05, 0) is 44.8 Å². The van der Waals surface area contributed by atoms with Crippen molar-refractivity contribution in [1.82, 2.24) is 0 Å². The Morgan fingerprint density at radius 3 is 2.04 bits per heavy atom. The summed E-state index contributed by atoms with van der Waals surface area (Å²) in [6, 6.07) is 19.5. The average molecular weight is 314 g/mol. The van der Waals surface area contributed by atoms with Crippen LogP contribution in [0.5, 0.6) is 0 Å². The molecule has 0 atom stereocenters. The number of carbonyl (C=O) groups is 1. The van der Waals surface area contributed by atoms with Crippen molar-refractivity contribution in [3.05, 3.63) is 72.3 Å². The number of rotatable bonds is 4. The summed E-state index contributed by atoms with van der Waals surface area (Å²) in [7, 11) is 0. The van der Waals surface area contributed by atoms with E-state index in [1.165, 1.54) is 37.9 Å². The lowest BCUT2D eigenvalue weighted by Gasteiger charge is -2.12. The first-order valence-corrected chi connectivity index (χ1v) is 8.12. The topological polar surface area (TPSA) is 26.3 Å². The molecule has 2 heteroatoms. The van der Waals surface area contributed by atoms with Gasteiger partial charge in [-0.2, -0.15) is 0 Å². The van der Waals surface area contributed by atoms with Crippen molar-refractivity contribution >= 4 is 38.3 Å². The summed E-state index contributed by atoms with van der Waals surface area (Å²) >= 11 is 0. The predicted octanol–water partition coefficient (Wildman–Crippen LogP) is 5.25. The standard InChI is InChI=1S/C22H18O2/c1-14(2)22(23)24-11-10-15-12-18-8-6-16-4-3-5-17-7-9-19(13-15)21(18)20(16)17/h3-9,12-13H,1,10-11H2,2H3. The van der Waals surface area contributed by atoms with E-state index in [0.717, 1.165) is 0 Å². The van der Waals surface area contributed by atoms with Gasteiger partial charge in [0.15, 0.2) is 0 Å². The zero-order chi connectivity index (χ0) is 16.7. The lowest BCUT2D eigenvalue weighted by atomic mass is 9.92. The molecule has 0 heterocycles. The number of hydrogen-bond acceptors (Lipinski definition) is 2. The molecule has 4 aromatic rings. The summed E-state index contributed by atoms with van der Waals surface area (Å²) < 4.78 is 5.22. The molecule has 4 rings (SSSR count). The maximum atomic E-state index is 11.5. The molecular weight excluding hydrogens is 296 g/mol. The first kappa shape index (κ1) is 14.7. The van der Waals surface area contributed by atoms with Gasteiger partial charge in [0.2, 0.25) is 0 Å². The molecule has 0 N–H and O–H groups in total. The molecule has 0 spiro atoms. The summed E-state index contributed by atoms with van der Waals surface area (Å²) in [5.41, 5.74) is 1.61. The van der Waals surface area contributed by atoms with Crippen LogP contribution in [0.4, 0.5) is 0 Å². The molecule has 0 aliphatic carbocycles. The molecule has 0 aliphatic rings. The third-order valence-electron chi connectivity index (χ3n) is 4.50. The quantitative estimate of drug-likeness (QED) is 0.292. The van der Waals surface area contributed by atoms with Gasteiger partial charge in [0, 0.05) is 12.0 Å². The first-order valence-electron chi connectivity index (χ1n) is 8.12. The number of carbonyl (C=O) groups excluding carboxylic acids is 1. The van der Waals surface area contributed by atoms with Crippen molar-refractivity contribution in [3.8, 4) is 0 Å². The van der Waals surface area contributed by atoms with Crippen molar-refractivity contribution in [2.24, 2.45) is 0 Å². The molecule has 118 valence electrons. The van der Waals surface area contributed by atoms with Crippen molar-refractivity contribution in [3.63, 3.8) is 0 Å². The monoisotopic (exact) mass is 314 g/mol. The lowest BCUT2D eigenvalue weighted by molar-refractivity contribution is -0.138. The molecule has 0 aliphatic heterocycles. The second-order valence-electron chi connectivity index (χ2n) is 6.29. The van der Waals surface area contributed by atoms with Gasteiger partial charge in [0.25, 0.3) is 0 Å². The molecule has 0 amide bonds. The van der Waals surface area contributed by atoms with Gasteiger partial charge in [-0.15, -0.1) is 0 Å². The van der Waals surface area contributed by atoms with E-state index in [1.807, 2.05) is 0 Å². The maximum Gasteiger partial charge on any atom is 0.333 e. The minimum absolute atomic E-state index is 0.326. The van der Waals surface area contributed by atoms with Crippen LogP contribution < -0.4 is 0 Å². The molecular formula is C22H18O2. The Morgan fingerprint density at radius 1 is 0.917 bits per heavy atom. The van der Waals surface area contributed by atoms with E-state index < -0.39 is 0 Å². The fourth-order valence-corrected chi connectivity index (χ4v) is 3.35. The van der Waals surface area contributed by atoms with Crippen LogP contribution in [0.3, 0.4) is 0 Å². The van der Waals surface area contributed by atoms with Crippen LogP contribution >= 0.6 is 0 Å². The summed E-state index contributed by atoms with van der Waals surface area (Å²) in [6.45, 7) is 5.64. The average Bonchev–Trinajstić information content (AvgIpc) is 2.59. The number of benzene rings is 4. The normalized spacial score (nSPS) is 11.4. The Balaban J connectivity index is 1.74.